The van der Waals surface area contributed by atoms with Gasteiger partial charge in [-0.05, 0) is 31.9 Å². The number of rotatable bonds is 5. The standard InChI is InChI=1S/C14H19N/c1-4-6-9-12-15(5-2)14-11-8-7-10-13(14)3/h1,7-8,10-11H,5-6,9,12H2,2-3H3. The van der Waals surface area contributed by atoms with Gasteiger partial charge in [0.05, 0.1) is 0 Å². The van der Waals surface area contributed by atoms with Gasteiger partial charge in [0.15, 0.2) is 0 Å². The summed E-state index contributed by atoms with van der Waals surface area (Å²) in [5, 5.41) is 0. The smallest absolute Gasteiger partial charge is 0.0395 e. The molecule has 1 nitrogen and oxygen atoms in total. The largest absolute Gasteiger partial charge is 0.372 e. The van der Waals surface area contributed by atoms with Gasteiger partial charge in [-0.15, -0.1) is 12.3 Å². The highest BCUT2D eigenvalue weighted by atomic mass is 15.1. The Bertz CT molecular complexity index is 335. The molecule has 1 aromatic carbocycles. The lowest BCUT2D eigenvalue weighted by atomic mass is 10.1. The second-order valence-electron chi connectivity index (χ2n) is 3.67. The van der Waals surface area contributed by atoms with Gasteiger partial charge in [-0.1, -0.05) is 18.2 Å². The van der Waals surface area contributed by atoms with E-state index in [0.29, 0.717) is 0 Å². The summed E-state index contributed by atoms with van der Waals surface area (Å²) in [4.78, 5) is 2.38. The van der Waals surface area contributed by atoms with E-state index in [1.165, 1.54) is 11.3 Å². The highest BCUT2D eigenvalue weighted by Crippen LogP contribution is 2.19. The van der Waals surface area contributed by atoms with E-state index in [4.69, 9.17) is 6.42 Å². The fraction of sp³-hybridized carbons (Fsp3) is 0.429. The number of anilines is 1. The Kier molecular flexibility index (Phi) is 4.77. The van der Waals surface area contributed by atoms with E-state index >= 15 is 0 Å². The molecule has 0 saturated carbocycles. The molecule has 0 aliphatic heterocycles. The van der Waals surface area contributed by atoms with E-state index in [1.807, 2.05) is 0 Å². The van der Waals surface area contributed by atoms with E-state index in [9.17, 15) is 0 Å². The van der Waals surface area contributed by atoms with Crippen molar-refractivity contribution >= 4 is 5.69 Å². The Morgan fingerprint density at radius 1 is 1.33 bits per heavy atom. The summed E-state index contributed by atoms with van der Waals surface area (Å²) in [6, 6.07) is 8.49. The van der Waals surface area contributed by atoms with Crippen LogP contribution in [0.25, 0.3) is 0 Å². The summed E-state index contributed by atoms with van der Waals surface area (Å²) in [5.41, 5.74) is 2.66. The zero-order valence-electron chi connectivity index (χ0n) is 9.66. The summed E-state index contributed by atoms with van der Waals surface area (Å²) in [7, 11) is 0. The van der Waals surface area contributed by atoms with Crippen molar-refractivity contribution in [1.29, 1.82) is 0 Å². The van der Waals surface area contributed by atoms with Gasteiger partial charge < -0.3 is 4.90 Å². The Hall–Kier alpha value is -1.42. The molecule has 0 amide bonds. The number of para-hydroxylation sites is 1. The predicted molar refractivity (Wildman–Crippen MR) is 67.1 cm³/mol. The van der Waals surface area contributed by atoms with Crippen LogP contribution in [-0.4, -0.2) is 13.1 Å². The van der Waals surface area contributed by atoms with Gasteiger partial charge in [-0.2, -0.15) is 0 Å². The molecular weight excluding hydrogens is 182 g/mol. The normalized spacial score (nSPS) is 9.67. The van der Waals surface area contributed by atoms with Gasteiger partial charge in [0, 0.05) is 25.2 Å². The average Bonchev–Trinajstić information content (AvgIpc) is 2.26. The highest BCUT2D eigenvalue weighted by molar-refractivity contribution is 5.52. The van der Waals surface area contributed by atoms with Crippen molar-refractivity contribution in [3.63, 3.8) is 0 Å². The predicted octanol–water partition coefficient (Wildman–Crippen LogP) is 3.23. The average molecular weight is 201 g/mol. The lowest BCUT2D eigenvalue weighted by Crippen LogP contribution is -2.24. The first kappa shape index (κ1) is 11.7. The fourth-order valence-electron chi connectivity index (χ4n) is 1.74. The number of hydrogen-bond donors (Lipinski definition) is 0. The van der Waals surface area contributed by atoms with Crippen LogP contribution in [0.4, 0.5) is 5.69 Å². The van der Waals surface area contributed by atoms with Crippen molar-refractivity contribution in [3.05, 3.63) is 29.8 Å². The third-order valence-corrected chi connectivity index (χ3v) is 2.59. The molecule has 0 aliphatic rings. The van der Waals surface area contributed by atoms with E-state index in [0.717, 1.165) is 25.9 Å². The molecule has 0 aliphatic carbocycles. The number of benzene rings is 1. The minimum absolute atomic E-state index is 0.863. The Morgan fingerprint density at radius 2 is 2.07 bits per heavy atom. The number of hydrogen-bond acceptors (Lipinski definition) is 1. The third kappa shape index (κ3) is 3.32. The van der Waals surface area contributed by atoms with Crippen molar-refractivity contribution in [3.8, 4) is 12.3 Å². The lowest BCUT2D eigenvalue weighted by molar-refractivity contribution is 0.762. The summed E-state index contributed by atoms with van der Waals surface area (Å²) in [5.74, 6) is 2.69. The maximum atomic E-state index is 5.26. The van der Waals surface area contributed by atoms with Crippen LogP contribution in [0.1, 0.15) is 25.3 Å². The molecule has 1 rings (SSSR count). The van der Waals surface area contributed by atoms with Crippen LogP contribution in [0.2, 0.25) is 0 Å². The van der Waals surface area contributed by atoms with Crippen molar-refractivity contribution in [2.24, 2.45) is 0 Å². The first-order chi connectivity index (χ1) is 7.29. The molecule has 0 fully saturated rings. The number of nitrogens with zero attached hydrogens (tertiary/aromatic N) is 1. The van der Waals surface area contributed by atoms with Gasteiger partial charge in [0.1, 0.15) is 0 Å². The van der Waals surface area contributed by atoms with Crippen LogP contribution in [0, 0.1) is 19.3 Å². The molecule has 0 heterocycles. The van der Waals surface area contributed by atoms with Gasteiger partial charge in [0.2, 0.25) is 0 Å². The monoisotopic (exact) mass is 201 g/mol. The molecule has 0 unspecified atom stereocenters. The minimum atomic E-state index is 0.863. The first-order valence-electron chi connectivity index (χ1n) is 5.53. The summed E-state index contributed by atoms with van der Waals surface area (Å²) in [6.45, 7) is 6.42. The van der Waals surface area contributed by atoms with Crippen molar-refractivity contribution in [2.45, 2.75) is 26.7 Å². The topological polar surface area (TPSA) is 3.24 Å². The molecule has 15 heavy (non-hydrogen) atoms. The number of unbranched alkanes of at least 4 members (excludes halogenated alkanes) is 1. The van der Waals surface area contributed by atoms with Crippen LogP contribution in [0.5, 0.6) is 0 Å². The maximum absolute atomic E-state index is 5.26. The molecule has 0 aromatic heterocycles. The quantitative estimate of drug-likeness (QED) is 0.522. The number of terminal acetylenes is 1. The van der Waals surface area contributed by atoms with Crippen molar-refractivity contribution in [1.82, 2.24) is 0 Å². The van der Waals surface area contributed by atoms with E-state index in [1.54, 1.807) is 0 Å². The van der Waals surface area contributed by atoms with Crippen LogP contribution < -0.4 is 4.90 Å². The Morgan fingerprint density at radius 3 is 2.67 bits per heavy atom. The fourth-order valence-corrected chi connectivity index (χ4v) is 1.74. The molecular formula is C14H19N. The SMILES string of the molecule is C#CCCCN(CC)c1ccccc1C. The van der Waals surface area contributed by atoms with Crippen molar-refractivity contribution in [2.75, 3.05) is 18.0 Å². The third-order valence-electron chi connectivity index (χ3n) is 2.59. The van der Waals surface area contributed by atoms with Crippen molar-refractivity contribution < 1.29 is 0 Å². The number of aryl methyl sites for hydroxylation is 1. The van der Waals surface area contributed by atoms with Gasteiger partial charge in [-0.25, -0.2) is 0 Å². The highest BCUT2D eigenvalue weighted by Gasteiger charge is 2.05. The molecule has 0 N–H and O–H groups in total. The van der Waals surface area contributed by atoms with Gasteiger partial charge in [-0.3, -0.25) is 0 Å². The summed E-state index contributed by atoms with van der Waals surface area (Å²) in [6.07, 6.45) is 7.19. The van der Waals surface area contributed by atoms with Crippen LogP contribution in [0.3, 0.4) is 0 Å². The Labute approximate surface area is 93.1 Å². The van der Waals surface area contributed by atoms with Crippen LogP contribution >= 0.6 is 0 Å². The Balaban J connectivity index is 2.66. The lowest BCUT2D eigenvalue weighted by Gasteiger charge is -2.24. The molecule has 0 saturated heterocycles. The molecule has 0 atom stereocenters. The van der Waals surface area contributed by atoms with Crippen LogP contribution in [0.15, 0.2) is 24.3 Å². The molecule has 1 aromatic rings. The zero-order valence-corrected chi connectivity index (χ0v) is 9.66. The van der Waals surface area contributed by atoms with E-state index in [-0.39, 0.29) is 0 Å². The second kappa shape index (κ2) is 6.14. The molecule has 0 bridgehead atoms. The first-order valence-corrected chi connectivity index (χ1v) is 5.53. The molecule has 0 spiro atoms. The van der Waals surface area contributed by atoms with E-state index < -0.39 is 0 Å². The zero-order chi connectivity index (χ0) is 11.1. The molecule has 1 heteroatoms. The molecule has 80 valence electrons. The van der Waals surface area contributed by atoms with Gasteiger partial charge >= 0.3 is 0 Å². The summed E-state index contributed by atoms with van der Waals surface area (Å²) < 4.78 is 0. The minimum Gasteiger partial charge on any atom is -0.372 e. The molecule has 0 radical (unpaired) electrons. The second-order valence-corrected chi connectivity index (χ2v) is 3.67. The van der Waals surface area contributed by atoms with Gasteiger partial charge in [0.25, 0.3) is 0 Å². The maximum Gasteiger partial charge on any atom is 0.0395 e. The van der Waals surface area contributed by atoms with E-state index in [2.05, 4.69) is 48.9 Å². The summed E-state index contributed by atoms with van der Waals surface area (Å²) >= 11 is 0. The van der Waals surface area contributed by atoms with Crippen LogP contribution in [-0.2, 0) is 0 Å².